The summed E-state index contributed by atoms with van der Waals surface area (Å²) in [6, 6.07) is 22.2. The normalized spacial score (nSPS) is 14.8. The molecule has 2 aliphatic rings. The summed E-state index contributed by atoms with van der Waals surface area (Å²) in [7, 11) is 3.31. The zero-order chi connectivity index (χ0) is 30.6. The number of aryl methyl sites for hydroxylation is 1. The maximum Gasteiger partial charge on any atom is 0.253 e. The van der Waals surface area contributed by atoms with Crippen LogP contribution < -0.4 is 19.3 Å². The Bertz CT molecular complexity index is 1660. The number of benzene rings is 3. The van der Waals surface area contributed by atoms with Gasteiger partial charge < -0.3 is 24.2 Å². The molecule has 8 nitrogen and oxygen atoms in total. The van der Waals surface area contributed by atoms with E-state index in [-0.39, 0.29) is 5.91 Å². The summed E-state index contributed by atoms with van der Waals surface area (Å²) in [4.78, 5) is 29.3. The largest absolute Gasteiger partial charge is 0.493 e. The van der Waals surface area contributed by atoms with Crippen molar-refractivity contribution >= 4 is 40.8 Å². The number of nitrogens with zero attached hydrogens (tertiary/aromatic N) is 5. The molecule has 0 atom stereocenters. The maximum atomic E-state index is 13.4. The quantitative estimate of drug-likeness (QED) is 0.128. The molecule has 1 fully saturated rings. The zero-order valence-electron chi connectivity index (χ0n) is 25.3. The molecule has 3 aromatic carbocycles. The Morgan fingerprint density at radius 2 is 1.61 bits per heavy atom. The Balaban J connectivity index is 1.09. The number of fused-ring (bicyclic) bond motifs is 1. The molecule has 1 amide bonds. The number of anilines is 2. The van der Waals surface area contributed by atoms with Gasteiger partial charge in [0.2, 0.25) is 0 Å². The van der Waals surface area contributed by atoms with Crippen LogP contribution in [0.3, 0.4) is 0 Å². The fraction of sp³-hybridized carbons (Fsp3) is 0.324. The lowest BCUT2D eigenvalue weighted by Gasteiger charge is -2.36. The van der Waals surface area contributed by atoms with E-state index in [4.69, 9.17) is 26.1 Å². The Labute approximate surface area is 268 Å². The smallest absolute Gasteiger partial charge is 0.253 e. The Kier molecular flexibility index (Phi) is 9.14. The van der Waals surface area contributed by atoms with Gasteiger partial charge in [-0.1, -0.05) is 53.7 Å². The molecule has 0 unspecified atom stereocenters. The number of hydrogen-bond donors (Lipinski definition) is 0. The number of hydrogen-bond acceptors (Lipinski definition) is 8. The van der Waals surface area contributed by atoms with Crippen molar-refractivity contribution in [2.24, 2.45) is 0 Å². The van der Waals surface area contributed by atoms with Crippen LogP contribution in [0.4, 0.5) is 11.5 Å². The lowest BCUT2D eigenvalue weighted by molar-refractivity contribution is 0.0746. The predicted octanol–water partition coefficient (Wildman–Crippen LogP) is 6.27. The van der Waals surface area contributed by atoms with Gasteiger partial charge >= 0.3 is 0 Å². The van der Waals surface area contributed by atoms with Crippen LogP contribution in [0.5, 0.6) is 11.5 Å². The third kappa shape index (κ3) is 6.59. The van der Waals surface area contributed by atoms with Gasteiger partial charge in [0.25, 0.3) is 5.91 Å². The van der Waals surface area contributed by atoms with E-state index in [1.165, 1.54) is 34.1 Å². The van der Waals surface area contributed by atoms with Crippen LogP contribution in [0.1, 0.15) is 32.6 Å². The summed E-state index contributed by atoms with van der Waals surface area (Å²) in [6.07, 6.45) is 0.863. The molecule has 6 rings (SSSR count). The van der Waals surface area contributed by atoms with Crippen molar-refractivity contribution in [3.05, 3.63) is 99.7 Å². The molecule has 0 radical (unpaired) electrons. The van der Waals surface area contributed by atoms with E-state index in [1.807, 2.05) is 41.3 Å². The van der Waals surface area contributed by atoms with Crippen LogP contribution in [-0.2, 0) is 18.7 Å². The Hall–Kier alpha value is -3.95. The molecule has 228 valence electrons. The number of thioether (sulfide) groups is 1. The van der Waals surface area contributed by atoms with E-state index >= 15 is 0 Å². The van der Waals surface area contributed by atoms with Gasteiger partial charge in [0.15, 0.2) is 16.7 Å². The maximum absolute atomic E-state index is 13.4. The van der Waals surface area contributed by atoms with Crippen molar-refractivity contribution in [2.75, 3.05) is 56.7 Å². The molecule has 44 heavy (non-hydrogen) atoms. The summed E-state index contributed by atoms with van der Waals surface area (Å²) in [6.45, 7) is 6.68. The molecule has 1 saturated heterocycles. The van der Waals surface area contributed by atoms with Gasteiger partial charge in [-0.3, -0.25) is 4.79 Å². The van der Waals surface area contributed by atoms with Gasteiger partial charge in [-0.25, -0.2) is 9.97 Å². The second-order valence-electron chi connectivity index (χ2n) is 11.0. The van der Waals surface area contributed by atoms with E-state index < -0.39 is 0 Å². The Morgan fingerprint density at radius 3 is 2.36 bits per heavy atom. The molecule has 0 N–H and O–H groups in total. The third-order valence-electron chi connectivity index (χ3n) is 8.27. The van der Waals surface area contributed by atoms with Crippen molar-refractivity contribution < 1.29 is 14.3 Å². The summed E-state index contributed by atoms with van der Waals surface area (Å²) < 4.78 is 11.0. The van der Waals surface area contributed by atoms with E-state index in [9.17, 15) is 4.79 Å². The average molecular weight is 630 g/mol. The summed E-state index contributed by atoms with van der Waals surface area (Å²) in [5.74, 6) is 2.95. The summed E-state index contributed by atoms with van der Waals surface area (Å²) in [5.41, 5.74) is 6.68. The number of ether oxygens (including phenoxy) is 2. The lowest BCUT2D eigenvalue weighted by atomic mass is 9.99. The molecule has 3 heterocycles. The van der Waals surface area contributed by atoms with E-state index in [2.05, 4.69) is 52.0 Å². The van der Waals surface area contributed by atoms with Gasteiger partial charge in [0.05, 0.1) is 14.2 Å². The number of halogens is 1. The van der Waals surface area contributed by atoms with Gasteiger partial charge in [0.1, 0.15) is 11.0 Å². The van der Waals surface area contributed by atoms with Gasteiger partial charge in [-0.2, -0.15) is 0 Å². The van der Waals surface area contributed by atoms with Crippen molar-refractivity contribution in [3.63, 3.8) is 0 Å². The fourth-order valence-corrected chi connectivity index (χ4v) is 6.91. The molecule has 2 aliphatic heterocycles. The number of piperazine rings is 1. The first-order valence-corrected chi connectivity index (χ1v) is 16.1. The summed E-state index contributed by atoms with van der Waals surface area (Å²) in [5, 5.41) is 1.01. The molecule has 1 aromatic heterocycles. The minimum absolute atomic E-state index is 0.0715. The number of aromatic nitrogens is 2. The highest BCUT2D eigenvalue weighted by molar-refractivity contribution is 7.98. The van der Waals surface area contributed by atoms with Crippen LogP contribution in [0, 0.1) is 6.92 Å². The van der Waals surface area contributed by atoms with Crippen molar-refractivity contribution in [2.45, 2.75) is 30.8 Å². The number of rotatable bonds is 8. The monoisotopic (exact) mass is 629 g/mol. The number of carbonyl (C=O) groups excluding carboxylic acids is 1. The molecule has 10 heteroatoms. The lowest BCUT2D eigenvalue weighted by Crippen LogP contribution is -2.49. The van der Waals surface area contributed by atoms with Gasteiger partial charge in [-0.05, 0) is 65.9 Å². The number of methoxy groups -OCH3 is 2. The van der Waals surface area contributed by atoms with Crippen LogP contribution in [-0.4, -0.2) is 67.7 Å². The first kappa shape index (κ1) is 30.1. The third-order valence-corrected chi connectivity index (χ3v) is 9.38. The predicted molar refractivity (Wildman–Crippen MR) is 177 cm³/mol. The summed E-state index contributed by atoms with van der Waals surface area (Å²) >= 11 is 7.98. The standard InChI is InChI=1S/C34H36ClN5O3S/c1-23-7-4-5-10-28(23)38-13-15-39(16-14-38)33(41)26-9-6-8-24(17-26)22-44-34-36-31(35)20-32(37-34)40-12-11-25-18-29(42-2)30(43-3)19-27(25)21-40/h4-10,17-20H,11-16,21-22H2,1-3H3. The molecule has 0 saturated carbocycles. The minimum Gasteiger partial charge on any atom is -0.493 e. The second kappa shape index (κ2) is 13.4. The van der Waals surface area contributed by atoms with E-state index in [0.29, 0.717) is 41.3 Å². The topological polar surface area (TPSA) is 71.0 Å². The molecule has 0 bridgehead atoms. The van der Waals surface area contributed by atoms with Crippen molar-refractivity contribution in [1.29, 1.82) is 0 Å². The van der Waals surface area contributed by atoms with Gasteiger partial charge in [0, 0.05) is 62.3 Å². The minimum atomic E-state index is 0.0715. The number of para-hydroxylation sites is 1. The van der Waals surface area contributed by atoms with Crippen LogP contribution in [0.25, 0.3) is 0 Å². The fourth-order valence-electron chi connectivity index (χ4n) is 5.88. The SMILES string of the molecule is COc1cc2c(cc1OC)CN(c1cc(Cl)nc(SCc3cccc(C(=O)N4CCN(c5ccccc5C)CC4)c3)n1)CC2. The number of carbonyl (C=O) groups is 1. The number of amides is 1. The second-order valence-corrected chi connectivity index (χ2v) is 12.4. The van der Waals surface area contributed by atoms with Crippen LogP contribution in [0.2, 0.25) is 5.15 Å². The van der Waals surface area contributed by atoms with Crippen LogP contribution >= 0.6 is 23.4 Å². The van der Waals surface area contributed by atoms with Crippen molar-refractivity contribution in [3.8, 4) is 11.5 Å². The molecule has 4 aromatic rings. The zero-order valence-corrected chi connectivity index (χ0v) is 26.8. The molecular weight excluding hydrogens is 594 g/mol. The highest BCUT2D eigenvalue weighted by Gasteiger charge is 2.24. The molecule has 0 spiro atoms. The highest BCUT2D eigenvalue weighted by atomic mass is 35.5. The molecular formula is C34H36ClN5O3S. The highest BCUT2D eigenvalue weighted by Crippen LogP contribution is 2.35. The average Bonchev–Trinajstić information content (AvgIpc) is 3.06. The molecule has 0 aliphatic carbocycles. The van der Waals surface area contributed by atoms with Crippen molar-refractivity contribution in [1.82, 2.24) is 14.9 Å². The Morgan fingerprint density at radius 1 is 0.864 bits per heavy atom. The van der Waals surface area contributed by atoms with Crippen LogP contribution in [0.15, 0.2) is 71.9 Å². The van der Waals surface area contributed by atoms with E-state index in [1.54, 1.807) is 14.2 Å². The van der Waals surface area contributed by atoms with E-state index in [0.717, 1.165) is 48.9 Å². The first-order chi connectivity index (χ1) is 21.4. The van der Waals surface area contributed by atoms with Gasteiger partial charge in [-0.15, -0.1) is 0 Å². The first-order valence-electron chi connectivity index (χ1n) is 14.8.